The van der Waals surface area contributed by atoms with Gasteiger partial charge >= 0.3 is 11.9 Å². The van der Waals surface area contributed by atoms with Gasteiger partial charge in [0, 0.05) is 5.02 Å². The van der Waals surface area contributed by atoms with Gasteiger partial charge < -0.3 is 19.5 Å². The van der Waals surface area contributed by atoms with Crippen molar-refractivity contribution in [2.24, 2.45) is 0 Å². The van der Waals surface area contributed by atoms with E-state index in [0.717, 1.165) is 11.3 Å². The summed E-state index contributed by atoms with van der Waals surface area (Å²) in [7, 11) is 1.23. The normalized spacial score (nSPS) is 10.3. The summed E-state index contributed by atoms with van der Waals surface area (Å²) in [6.45, 7) is 3.01. The number of hydrogen-bond donors (Lipinski definition) is 1. The number of thiophene rings is 1. The lowest BCUT2D eigenvalue weighted by atomic mass is 10.1. The van der Waals surface area contributed by atoms with E-state index in [0.29, 0.717) is 10.6 Å². The molecule has 0 spiro atoms. The lowest BCUT2D eigenvalue weighted by Gasteiger charge is -2.09. The highest BCUT2D eigenvalue weighted by molar-refractivity contribution is 7.18. The minimum absolute atomic E-state index is 0.102. The van der Waals surface area contributed by atoms with Crippen LogP contribution in [-0.4, -0.2) is 38.2 Å². The topological polar surface area (TPSA) is 90.9 Å². The molecule has 28 heavy (non-hydrogen) atoms. The summed E-state index contributed by atoms with van der Waals surface area (Å²) < 4.78 is 15.1. The number of hydrogen-bond acceptors (Lipinski definition) is 7. The molecular weight excluding hydrogens is 429 g/mol. The molecule has 0 atom stereocenters. The van der Waals surface area contributed by atoms with Crippen molar-refractivity contribution in [3.63, 3.8) is 0 Å². The number of nitrogens with one attached hydrogen (secondary N) is 1. The first-order chi connectivity index (χ1) is 13.3. The molecule has 0 unspecified atom stereocenters. The van der Waals surface area contributed by atoms with E-state index < -0.39 is 17.8 Å². The molecule has 2 aromatic rings. The van der Waals surface area contributed by atoms with Crippen molar-refractivity contribution < 1.29 is 28.6 Å². The van der Waals surface area contributed by atoms with Crippen LogP contribution in [0.4, 0.5) is 5.00 Å². The first kappa shape index (κ1) is 22.0. The van der Waals surface area contributed by atoms with Crippen molar-refractivity contribution in [1.82, 2.24) is 0 Å². The molecule has 0 aliphatic rings. The second kappa shape index (κ2) is 9.77. The molecule has 0 bridgehead atoms. The molecule has 0 radical (unpaired) electrons. The van der Waals surface area contributed by atoms with Gasteiger partial charge in [0.1, 0.15) is 15.6 Å². The molecule has 10 heteroatoms. The summed E-state index contributed by atoms with van der Waals surface area (Å²) in [5.41, 5.74) is 0.470. The van der Waals surface area contributed by atoms with E-state index in [-0.39, 0.29) is 39.4 Å². The van der Waals surface area contributed by atoms with E-state index in [2.05, 4.69) is 5.32 Å². The summed E-state index contributed by atoms with van der Waals surface area (Å²) in [5.74, 6) is -1.53. The summed E-state index contributed by atoms with van der Waals surface area (Å²) >= 11 is 12.7. The molecule has 0 aliphatic heterocycles. The van der Waals surface area contributed by atoms with E-state index in [1.807, 2.05) is 0 Å². The van der Waals surface area contributed by atoms with E-state index in [1.165, 1.54) is 19.2 Å². The Morgan fingerprint density at radius 1 is 1.18 bits per heavy atom. The largest absolute Gasteiger partial charge is 0.482 e. The van der Waals surface area contributed by atoms with Gasteiger partial charge in [-0.2, -0.15) is 0 Å². The van der Waals surface area contributed by atoms with E-state index in [9.17, 15) is 14.4 Å². The smallest absolute Gasteiger partial charge is 0.348 e. The third-order valence-electron chi connectivity index (χ3n) is 3.50. The van der Waals surface area contributed by atoms with Crippen LogP contribution in [0.3, 0.4) is 0 Å². The van der Waals surface area contributed by atoms with Gasteiger partial charge in [0.25, 0.3) is 5.91 Å². The molecule has 1 aromatic heterocycles. The summed E-state index contributed by atoms with van der Waals surface area (Å²) in [4.78, 5) is 36.7. The van der Waals surface area contributed by atoms with E-state index in [4.69, 9.17) is 37.4 Å². The van der Waals surface area contributed by atoms with Crippen LogP contribution in [-0.2, 0) is 14.3 Å². The highest BCUT2D eigenvalue weighted by atomic mass is 35.5. The zero-order valence-corrected chi connectivity index (χ0v) is 17.6. The number of rotatable bonds is 7. The summed E-state index contributed by atoms with van der Waals surface area (Å²) in [5, 5.41) is 3.43. The van der Waals surface area contributed by atoms with Crippen LogP contribution in [0, 0.1) is 6.92 Å². The van der Waals surface area contributed by atoms with Gasteiger partial charge in [0.15, 0.2) is 6.61 Å². The maximum Gasteiger partial charge on any atom is 0.348 e. The lowest BCUT2D eigenvalue weighted by molar-refractivity contribution is -0.118. The number of esters is 2. The standard InChI is InChI=1S/C18H17Cl2NO6S/c1-4-26-17(23)14-9(2)15(18(24)25-3)28-16(14)21-13(22)8-27-12-6-5-10(19)7-11(12)20/h5-7H,4,8H2,1-3H3,(H,21,22). The SMILES string of the molecule is CCOC(=O)c1c(NC(=O)COc2ccc(Cl)cc2Cl)sc(C(=O)OC)c1C. The molecule has 1 amide bonds. The maximum atomic E-state index is 12.3. The number of methoxy groups -OCH3 is 1. The molecule has 1 aromatic carbocycles. The monoisotopic (exact) mass is 445 g/mol. The van der Waals surface area contributed by atoms with Crippen LogP contribution >= 0.6 is 34.5 Å². The van der Waals surface area contributed by atoms with Crippen LogP contribution in [0.25, 0.3) is 0 Å². The van der Waals surface area contributed by atoms with E-state index >= 15 is 0 Å². The first-order valence-corrected chi connectivity index (χ1v) is 9.62. The highest BCUT2D eigenvalue weighted by Crippen LogP contribution is 2.34. The van der Waals surface area contributed by atoms with Gasteiger partial charge in [-0.1, -0.05) is 23.2 Å². The quantitative estimate of drug-likeness (QED) is 0.637. The fourth-order valence-electron chi connectivity index (χ4n) is 2.24. The number of anilines is 1. The number of amides is 1. The Morgan fingerprint density at radius 2 is 1.89 bits per heavy atom. The van der Waals surface area contributed by atoms with Crippen molar-refractivity contribution in [1.29, 1.82) is 0 Å². The minimum atomic E-state index is -0.650. The number of ether oxygens (including phenoxy) is 3. The highest BCUT2D eigenvalue weighted by Gasteiger charge is 2.27. The van der Waals surface area contributed by atoms with Crippen LogP contribution in [0.15, 0.2) is 18.2 Å². The minimum Gasteiger partial charge on any atom is -0.482 e. The van der Waals surface area contributed by atoms with Crippen molar-refractivity contribution in [2.75, 3.05) is 25.6 Å². The number of carbonyl (C=O) groups excluding carboxylic acids is 3. The van der Waals surface area contributed by atoms with Crippen molar-refractivity contribution in [3.8, 4) is 5.75 Å². The van der Waals surface area contributed by atoms with Gasteiger partial charge in [0.05, 0.1) is 24.3 Å². The van der Waals surface area contributed by atoms with Gasteiger partial charge in [-0.3, -0.25) is 4.79 Å². The molecular formula is C18H17Cl2NO6S. The average Bonchev–Trinajstić information content (AvgIpc) is 2.96. The predicted molar refractivity (Wildman–Crippen MR) is 107 cm³/mol. The van der Waals surface area contributed by atoms with Crippen LogP contribution < -0.4 is 10.1 Å². The molecule has 2 rings (SSSR count). The second-order valence-corrected chi connectivity index (χ2v) is 7.25. The second-order valence-electron chi connectivity index (χ2n) is 5.38. The van der Waals surface area contributed by atoms with Gasteiger partial charge in [-0.05, 0) is 37.6 Å². The molecule has 0 fully saturated rings. The van der Waals surface area contributed by atoms with Crippen molar-refractivity contribution in [2.45, 2.75) is 13.8 Å². The Kier molecular flexibility index (Phi) is 7.68. The Balaban J connectivity index is 2.20. The molecule has 150 valence electrons. The van der Waals surface area contributed by atoms with Crippen LogP contribution in [0.5, 0.6) is 5.75 Å². The summed E-state index contributed by atoms with van der Waals surface area (Å²) in [6.07, 6.45) is 0. The third-order valence-corrected chi connectivity index (χ3v) is 5.22. The molecule has 0 saturated carbocycles. The molecule has 0 aliphatic carbocycles. The fraction of sp³-hybridized carbons (Fsp3) is 0.278. The predicted octanol–water partition coefficient (Wildman–Crippen LogP) is 4.34. The number of benzene rings is 1. The first-order valence-electron chi connectivity index (χ1n) is 8.05. The van der Waals surface area contributed by atoms with Crippen molar-refractivity contribution in [3.05, 3.63) is 44.2 Å². The Morgan fingerprint density at radius 3 is 2.50 bits per heavy atom. The van der Waals surface area contributed by atoms with Crippen LogP contribution in [0.1, 0.15) is 32.5 Å². The summed E-state index contributed by atoms with van der Waals surface area (Å²) in [6, 6.07) is 4.60. The molecule has 7 nitrogen and oxygen atoms in total. The number of halogens is 2. The zero-order valence-electron chi connectivity index (χ0n) is 15.3. The molecule has 1 N–H and O–H groups in total. The van der Waals surface area contributed by atoms with Crippen molar-refractivity contribution >= 4 is 57.4 Å². The molecule has 1 heterocycles. The fourth-order valence-corrected chi connectivity index (χ4v) is 3.83. The number of carbonyl (C=O) groups is 3. The zero-order chi connectivity index (χ0) is 20.8. The van der Waals surface area contributed by atoms with E-state index in [1.54, 1.807) is 19.9 Å². The van der Waals surface area contributed by atoms with Gasteiger partial charge in [-0.25, -0.2) is 9.59 Å². The van der Waals surface area contributed by atoms with Gasteiger partial charge in [0.2, 0.25) is 0 Å². The average molecular weight is 446 g/mol. The molecule has 0 saturated heterocycles. The Bertz CT molecular complexity index is 912. The Hall–Kier alpha value is -2.29. The van der Waals surface area contributed by atoms with Crippen LogP contribution in [0.2, 0.25) is 10.0 Å². The Labute approximate surface area is 175 Å². The lowest BCUT2D eigenvalue weighted by Crippen LogP contribution is -2.21. The maximum absolute atomic E-state index is 12.3. The third kappa shape index (κ3) is 5.15. The van der Waals surface area contributed by atoms with Gasteiger partial charge in [-0.15, -0.1) is 11.3 Å².